The molecule has 0 heterocycles. The van der Waals surface area contributed by atoms with Crippen molar-refractivity contribution in [3.8, 4) is 46.0 Å². The summed E-state index contributed by atoms with van der Waals surface area (Å²) in [4.78, 5) is 57.1. The van der Waals surface area contributed by atoms with Crippen LogP contribution in [0.15, 0.2) is 196 Å². The summed E-state index contributed by atoms with van der Waals surface area (Å²) in [6.45, 7) is 17.1. The van der Waals surface area contributed by atoms with Crippen LogP contribution in [0.4, 0.5) is 64.7 Å². The van der Waals surface area contributed by atoms with E-state index in [2.05, 4.69) is 68.9 Å². The SMILES string of the molecule is C=CCCCOc1cccc(NC(=O)Nc2cc3c(OC)c(c2)Cc2cc(NC(=O)Nc4cccc(OCCCC=C)c4)cc(c2OC)Cc2cc(NC(=O)Nc4cccc(OCCCC=C)c4)cc(c2OC)Cc2cc(NC(=O)Nc4cccc(OCCCC=C)c4)cc(c2OC)C3)c1. The predicted molar refractivity (Wildman–Crippen MR) is 399 cm³/mol. The lowest BCUT2D eigenvalue weighted by molar-refractivity contribution is 0.261. The van der Waals surface area contributed by atoms with Gasteiger partial charge in [-0.25, -0.2) is 19.2 Å². The highest BCUT2D eigenvalue weighted by Gasteiger charge is 2.26. The van der Waals surface area contributed by atoms with Crippen molar-refractivity contribution in [3.63, 3.8) is 0 Å². The van der Waals surface area contributed by atoms with E-state index in [-0.39, 0.29) is 25.7 Å². The molecule has 0 aliphatic heterocycles. The van der Waals surface area contributed by atoms with Crippen molar-refractivity contribution in [2.45, 2.75) is 77.0 Å². The first-order chi connectivity index (χ1) is 48.8. The van der Waals surface area contributed by atoms with Gasteiger partial charge >= 0.3 is 24.1 Å². The van der Waals surface area contributed by atoms with E-state index in [1.807, 2.05) is 97.1 Å². The number of anilines is 8. The second-order valence-electron chi connectivity index (χ2n) is 23.6. The summed E-state index contributed by atoms with van der Waals surface area (Å²) in [6.07, 6.45) is 14.2. The Labute approximate surface area is 585 Å². The van der Waals surface area contributed by atoms with Crippen LogP contribution in [0.5, 0.6) is 46.0 Å². The quantitative estimate of drug-likeness (QED) is 0.0145. The minimum absolute atomic E-state index is 0.119. The fourth-order valence-electron chi connectivity index (χ4n) is 11.7. The Hall–Kier alpha value is -11.8. The van der Waals surface area contributed by atoms with Crippen molar-refractivity contribution >= 4 is 69.6 Å². The van der Waals surface area contributed by atoms with Crippen LogP contribution in [-0.2, 0) is 25.7 Å². The minimum Gasteiger partial charge on any atom is -0.496 e. The van der Waals surface area contributed by atoms with Gasteiger partial charge in [-0.2, -0.15) is 0 Å². The highest BCUT2D eigenvalue weighted by atomic mass is 16.5. The van der Waals surface area contributed by atoms with E-state index in [1.54, 1.807) is 101 Å². The third kappa shape index (κ3) is 21.1. The van der Waals surface area contributed by atoms with Gasteiger partial charge in [0.25, 0.3) is 0 Å². The van der Waals surface area contributed by atoms with Gasteiger partial charge in [0.2, 0.25) is 0 Å². The molecule has 8 N–H and O–H groups in total. The number of rotatable bonds is 32. The molecule has 1 aliphatic rings. The zero-order valence-corrected chi connectivity index (χ0v) is 57.2. The van der Waals surface area contributed by atoms with E-state index >= 15 is 0 Å². The standard InChI is InChI=1S/C80H88N8O12/c1-9-13-17-33-97-69-29-21-25-61(49-69)81-77(89)85-65-41-53-37-55-43-66(86-78(90)82-62-26-22-30-70(50-62)98-34-18-14-10-2)45-57(74(55)94-6)39-59-47-68(88-80(92)84-64-28-24-32-72(52-64)100-36-20-16-12-4)48-60(76(59)96-8)40-58-46-67(44-56(75(58)95-7)38-54(42-65)73(53)93-5)87-79(91)83-63-27-23-31-71(51-63)99-35-19-15-11-3/h9-12,21-32,41-52H,1-4,13-20,33-40H2,5-8H3,(H2,81,85,89)(H2,82,86,90)(H2,83,87,91)(H2,84,88,92). The number of nitrogens with one attached hydrogen (secondary N) is 8. The number of amides is 8. The van der Waals surface area contributed by atoms with Gasteiger partial charge < -0.3 is 80.4 Å². The van der Waals surface area contributed by atoms with Crippen molar-refractivity contribution in [2.24, 2.45) is 0 Å². The Bertz CT molecular complexity index is 3590. The molecule has 8 aromatic rings. The number of carbonyl (C=O) groups is 4. The van der Waals surface area contributed by atoms with Crippen molar-refractivity contribution in [2.75, 3.05) is 97.4 Å². The monoisotopic (exact) mass is 1350 g/mol. The van der Waals surface area contributed by atoms with Gasteiger partial charge in [-0.05, 0) is 148 Å². The third-order valence-electron chi connectivity index (χ3n) is 16.0. The van der Waals surface area contributed by atoms with Gasteiger partial charge in [0.05, 0.1) is 54.9 Å². The molecule has 20 heteroatoms. The lowest BCUT2D eigenvalue weighted by Gasteiger charge is -2.23. The van der Waals surface area contributed by atoms with Gasteiger partial charge in [-0.1, -0.05) is 48.6 Å². The molecule has 0 saturated carbocycles. The van der Waals surface area contributed by atoms with E-state index in [1.165, 1.54) is 0 Å². The smallest absolute Gasteiger partial charge is 0.323 e. The Kier molecular flexibility index (Phi) is 26.9. The topological polar surface area (TPSA) is 238 Å². The number of urea groups is 4. The van der Waals surface area contributed by atoms with E-state index in [4.69, 9.17) is 37.9 Å². The summed E-state index contributed by atoms with van der Waals surface area (Å²) in [5, 5.41) is 24.2. The molecular weight excluding hydrogens is 1260 g/mol. The Morgan fingerprint density at radius 1 is 0.300 bits per heavy atom. The average Bonchev–Trinajstić information content (AvgIpc) is 0.776. The van der Waals surface area contributed by atoms with Crippen LogP contribution in [0.1, 0.15) is 95.9 Å². The second kappa shape index (κ2) is 37.1. The Morgan fingerprint density at radius 3 is 0.670 bits per heavy atom. The maximum Gasteiger partial charge on any atom is 0.323 e. The molecular formula is C80H88N8O12. The fourth-order valence-corrected chi connectivity index (χ4v) is 11.7. The lowest BCUT2D eigenvalue weighted by Crippen LogP contribution is -2.20. The number of unbranched alkanes of at least 4 members (excludes halogenated alkanes) is 4. The first-order valence-electron chi connectivity index (χ1n) is 33.2. The summed E-state index contributed by atoms with van der Waals surface area (Å²) in [5.41, 5.74) is 8.59. The van der Waals surface area contributed by atoms with E-state index in [0.717, 1.165) is 51.4 Å². The molecule has 0 spiro atoms. The second-order valence-corrected chi connectivity index (χ2v) is 23.6. The largest absolute Gasteiger partial charge is 0.496 e. The molecule has 8 bridgehead atoms. The molecule has 8 aromatic carbocycles. The van der Waals surface area contributed by atoms with Crippen LogP contribution < -0.4 is 80.4 Å². The number of allylic oxidation sites excluding steroid dienone is 4. The van der Waals surface area contributed by atoms with Crippen LogP contribution in [0.3, 0.4) is 0 Å². The van der Waals surface area contributed by atoms with Crippen molar-refractivity contribution in [1.29, 1.82) is 0 Å². The van der Waals surface area contributed by atoms with Crippen molar-refractivity contribution in [3.05, 3.63) is 241 Å². The number of hydrogen-bond donors (Lipinski definition) is 8. The summed E-state index contributed by atoms with van der Waals surface area (Å²) in [6, 6.07) is 41.1. The third-order valence-corrected chi connectivity index (χ3v) is 16.0. The molecule has 0 saturated heterocycles. The molecule has 0 fully saturated rings. The van der Waals surface area contributed by atoms with Crippen LogP contribution in [0.2, 0.25) is 0 Å². The van der Waals surface area contributed by atoms with Gasteiger partial charge in [-0.3, -0.25) is 0 Å². The van der Waals surface area contributed by atoms with Crippen LogP contribution in [0, 0.1) is 0 Å². The summed E-state index contributed by atoms with van der Waals surface area (Å²) >= 11 is 0. The van der Waals surface area contributed by atoms with E-state index < -0.39 is 24.1 Å². The molecule has 8 amide bonds. The molecule has 0 atom stereocenters. The molecule has 1 aliphatic carbocycles. The van der Waals surface area contributed by atoms with E-state index in [0.29, 0.717) is 162 Å². The number of carbonyl (C=O) groups excluding carboxylic acids is 4. The maximum atomic E-state index is 14.3. The zero-order chi connectivity index (χ0) is 70.6. The van der Waals surface area contributed by atoms with Gasteiger partial charge in [0, 0.05) is 140 Å². The zero-order valence-electron chi connectivity index (χ0n) is 57.2. The highest BCUT2D eigenvalue weighted by molar-refractivity contribution is 6.02. The van der Waals surface area contributed by atoms with Crippen LogP contribution in [0.25, 0.3) is 0 Å². The van der Waals surface area contributed by atoms with Gasteiger partial charge in [-0.15, -0.1) is 26.3 Å². The molecule has 0 radical (unpaired) electrons. The molecule has 9 rings (SSSR count). The molecule has 100 heavy (non-hydrogen) atoms. The van der Waals surface area contributed by atoms with Crippen molar-refractivity contribution in [1.82, 2.24) is 0 Å². The van der Waals surface area contributed by atoms with Gasteiger partial charge in [0.1, 0.15) is 46.0 Å². The average molecular weight is 1350 g/mol. The van der Waals surface area contributed by atoms with E-state index in [9.17, 15) is 19.2 Å². The number of fused-ring (bicyclic) bond motifs is 8. The number of hydrogen-bond acceptors (Lipinski definition) is 12. The number of ether oxygens (including phenoxy) is 8. The molecule has 520 valence electrons. The number of methoxy groups -OCH3 is 4. The summed E-state index contributed by atoms with van der Waals surface area (Å²) in [7, 11) is 6.31. The fraction of sp³-hybridized carbons (Fsp3) is 0.250. The Morgan fingerprint density at radius 2 is 0.490 bits per heavy atom. The summed E-state index contributed by atoms with van der Waals surface area (Å²) < 4.78 is 49.7. The molecule has 0 unspecified atom stereocenters. The normalized spacial score (nSPS) is 11.2. The molecule has 20 nitrogen and oxygen atoms in total. The van der Waals surface area contributed by atoms with Gasteiger partial charge in [0.15, 0.2) is 0 Å². The highest BCUT2D eigenvalue weighted by Crippen LogP contribution is 2.43. The maximum absolute atomic E-state index is 14.3. The Balaban J connectivity index is 1.17. The lowest BCUT2D eigenvalue weighted by atomic mass is 9.90. The molecule has 0 aromatic heterocycles. The van der Waals surface area contributed by atoms with Crippen LogP contribution in [-0.4, -0.2) is 79.0 Å². The summed E-state index contributed by atoms with van der Waals surface area (Å²) in [5.74, 6) is 4.26. The van der Waals surface area contributed by atoms with Crippen LogP contribution >= 0.6 is 0 Å². The predicted octanol–water partition coefficient (Wildman–Crippen LogP) is 18.4. The van der Waals surface area contributed by atoms with Crippen molar-refractivity contribution < 1.29 is 57.1 Å². The number of benzene rings is 8. The first-order valence-corrected chi connectivity index (χ1v) is 33.2. The minimum atomic E-state index is -0.535. The first kappa shape index (κ1) is 72.5.